The predicted molar refractivity (Wildman–Crippen MR) is 115 cm³/mol. The Morgan fingerprint density at radius 3 is 0.630 bits per heavy atom. The van der Waals surface area contributed by atoms with Crippen LogP contribution in [0.1, 0.15) is 98.8 Å². The maximum absolute atomic E-state index is 11.5. The van der Waals surface area contributed by atoms with Crippen LogP contribution in [0.15, 0.2) is 0 Å². The first-order valence-electron chi connectivity index (χ1n) is 9.23. The Labute approximate surface area is 199 Å². The van der Waals surface area contributed by atoms with Gasteiger partial charge in [-0.05, 0) is 0 Å². The molecule has 0 amide bonds. The van der Waals surface area contributed by atoms with Gasteiger partial charge in [0.25, 0.3) is 0 Å². The minimum Gasteiger partial charge on any atom is -1.00 e. The zero-order valence-corrected chi connectivity index (χ0v) is 22.0. The minimum atomic E-state index is -0.402. The molecule has 0 aliphatic rings. The van der Waals surface area contributed by atoms with Crippen LogP contribution in [0.2, 0.25) is 0 Å². The van der Waals surface area contributed by atoms with Crippen LogP contribution >= 0.6 is 0 Å². The molecule has 0 aromatic carbocycles. The molecule has 0 aromatic rings. The molecule has 5 heteroatoms. The van der Waals surface area contributed by atoms with Crippen molar-refractivity contribution in [3.05, 3.63) is 0 Å². The Morgan fingerprint density at radius 2 is 0.556 bits per heavy atom. The number of rotatable bonds is 4. The van der Waals surface area contributed by atoms with E-state index in [4.69, 9.17) is 0 Å². The summed E-state index contributed by atoms with van der Waals surface area (Å²) in [5, 5.41) is 0. The predicted octanol–water partition coefficient (Wildman–Crippen LogP) is 5.06. The molecule has 0 atom stereocenters. The van der Waals surface area contributed by atoms with Gasteiger partial charge in [-0.25, -0.2) is 0 Å². The van der Waals surface area contributed by atoms with E-state index < -0.39 is 21.7 Å². The maximum Gasteiger partial charge on any atom is 2.00 e. The molecular formula is C22H42CaO4. The summed E-state index contributed by atoms with van der Waals surface area (Å²) in [4.78, 5) is 46.0. The number of Topliss-reactive ketones (excluding diaryl/α,β-unsaturated/α-hetero) is 4. The second-order valence-corrected chi connectivity index (χ2v) is 11.0. The van der Waals surface area contributed by atoms with E-state index in [0.29, 0.717) is 0 Å². The molecule has 0 radical (unpaired) electrons. The van der Waals surface area contributed by atoms with Crippen LogP contribution in [0.5, 0.6) is 0 Å². The summed E-state index contributed by atoms with van der Waals surface area (Å²) in [6.07, 6.45) is 0.125. The normalized spacial score (nSPS) is 12.3. The second-order valence-electron chi connectivity index (χ2n) is 11.0. The van der Waals surface area contributed by atoms with Crippen LogP contribution in [0.4, 0.5) is 0 Å². The van der Waals surface area contributed by atoms with Gasteiger partial charge in [0.05, 0.1) is 12.8 Å². The first-order valence-corrected chi connectivity index (χ1v) is 9.23. The summed E-state index contributed by atoms with van der Waals surface area (Å²) in [6, 6.07) is 0. The molecule has 0 rings (SSSR count). The first-order chi connectivity index (χ1) is 11.1. The molecule has 156 valence electrons. The minimum absolute atomic E-state index is 0. The zero-order valence-electron chi connectivity index (χ0n) is 21.8. The monoisotopic (exact) mass is 410 g/mol. The van der Waals surface area contributed by atoms with Crippen molar-refractivity contribution in [3.63, 3.8) is 0 Å². The van der Waals surface area contributed by atoms with E-state index in [1.54, 1.807) is 0 Å². The van der Waals surface area contributed by atoms with Crippen LogP contribution in [-0.4, -0.2) is 60.9 Å². The molecule has 27 heavy (non-hydrogen) atoms. The molecule has 0 spiro atoms. The van der Waals surface area contributed by atoms with E-state index in [2.05, 4.69) is 0 Å². The van der Waals surface area contributed by atoms with Crippen LogP contribution in [0.3, 0.4) is 0 Å². The van der Waals surface area contributed by atoms with Gasteiger partial charge in [0.2, 0.25) is 0 Å². The summed E-state index contributed by atoms with van der Waals surface area (Å²) < 4.78 is 0. The van der Waals surface area contributed by atoms with Crippen molar-refractivity contribution in [2.45, 2.75) is 95.9 Å². The van der Waals surface area contributed by atoms with Gasteiger partial charge < -0.3 is 2.85 Å². The van der Waals surface area contributed by atoms with E-state index in [1.807, 2.05) is 83.1 Å². The smallest absolute Gasteiger partial charge is 1.00 e. The van der Waals surface area contributed by atoms with Crippen molar-refractivity contribution in [2.24, 2.45) is 21.7 Å². The van der Waals surface area contributed by atoms with Gasteiger partial charge >= 0.3 is 37.7 Å². The molecule has 0 aliphatic heterocycles. The van der Waals surface area contributed by atoms with E-state index in [1.165, 1.54) is 0 Å². The summed E-state index contributed by atoms with van der Waals surface area (Å²) in [5.74, 6) is 0.0831. The quantitative estimate of drug-likeness (QED) is 0.480. The van der Waals surface area contributed by atoms with Crippen LogP contribution < -0.4 is 0 Å². The summed E-state index contributed by atoms with van der Waals surface area (Å²) >= 11 is 0. The van der Waals surface area contributed by atoms with Crippen LogP contribution in [0.25, 0.3) is 0 Å². The topological polar surface area (TPSA) is 68.3 Å². The van der Waals surface area contributed by atoms with Gasteiger partial charge in [0.15, 0.2) is 0 Å². The van der Waals surface area contributed by atoms with Crippen molar-refractivity contribution in [3.8, 4) is 0 Å². The third-order valence-corrected chi connectivity index (χ3v) is 3.99. The first kappa shape index (κ1) is 31.6. The van der Waals surface area contributed by atoms with Gasteiger partial charge in [-0.15, -0.1) is 0 Å². The van der Waals surface area contributed by atoms with Crippen molar-refractivity contribution in [1.82, 2.24) is 0 Å². The maximum atomic E-state index is 11.5. The molecule has 4 nitrogen and oxygen atoms in total. The average molecular weight is 411 g/mol. The van der Waals surface area contributed by atoms with Crippen molar-refractivity contribution >= 4 is 60.9 Å². The Bertz CT molecular complexity index is 445. The molecule has 0 saturated carbocycles. The fourth-order valence-corrected chi connectivity index (χ4v) is 1.35. The number of carbonyl (C=O) groups is 4. The number of carbonyl (C=O) groups excluding carboxylic acids is 4. The average Bonchev–Trinajstić information content (AvgIpc) is 2.34. The third-order valence-electron chi connectivity index (χ3n) is 3.99. The van der Waals surface area contributed by atoms with Crippen molar-refractivity contribution in [1.29, 1.82) is 0 Å². The summed E-state index contributed by atoms with van der Waals surface area (Å²) in [5.41, 5.74) is -1.61. The largest absolute Gasteiger partial charge is 2.00 e. The Hall–Kier alpha value is -0.0603. The van der Waals surface area contributed by atoms with E-state index in [-0.39, 0.29) is 76.6 Å². The fraction of sp³-hybridized carbons (Fsp3) is 0.818. The molecule has 0 aliphatic carbocycles. The molecule has 0 N–H and O–H groups in total. The number of hydrogen-bond donors (Lipinski definition) is 0. The summed E-state index contributed by atoms with van der Waals surface area (Å²) in [7, 11) is 0. The Balaban J connectivity index is -0.000000120. The standard InChI is InChI=1S/2C11H20O2.Ca.2H/c2*1-10(2,3)8(12)7-9(13)11(4,5)6;;;/h2*7H2,1-6H3;;;/q;;+2;2*-1. The molecule has 0 heterocycles. The summed E-state index contributed by atoms with van der Waals surface area (Å²) in [6.45, 7) is 22.1. The van der Waals surface area contributed by atoms with Gasteiger partial charge in [-0.1, -0.05) is 83.1 Å². The van der Waals surface area contributed by atoms with Gasteiger partial charge in [-0.3, -0.25) is 19.2 Å². The third kappa shape index (κ3) is 14.6. The van der Waals surface area contributed by atoms with Gasteiger partial charge in [-0.2, -0.15) is 0 Å². The van der Waals surface area contributed by atoms with E-state index in [0.717, 1.165) is 0 Å². The van der Waals surface area contributed by atoms with Crippen molar-refractivity contribution in [2.75, 3.05) is 0 Å². The van der Waals surface area contributed by atoms with E-state index in [9.17, 15) is 19.2 Å². The molecule has 0 bridgehead atoms. The van der Waals surface area contributed by atoms with Gasteiger partial charge in [0, 0.05) is 21.7 Å². The van der Waals surface area contributed by atoms with Gasteiger partial charge in [0.1, 0.15) is 23.1 Å². The van der Waals surface area contributed by atoms with Crippen LogP contribution in [-0.2, 0) is 19.2 Å². The molecular weight excluding hydrogens is 368 g/mol. The molecule has 0 saturated heterocycles. The van der Waals surface area contributed by atoms with Crippen LogP contribution in [0, 0.1) is 21.7 Å². The molecule has 0 unspecified atom stereocenters. The fourth-order valence-electron chi connectivity index (χ4n) is 1.35. The second kappa shape index (κ2) is 11.2. The number of ketones is 4. The SMILES string of the molecule is CC(C)(C)C(=O)CC(=O)C(C)(C)C.CC(C)(C)C(=O)CC(=O)C(C)(C)C.[Ca+2].[H-].[H-]. The van der Waals surface area contributed by atoms with E-state index >= 15 is 0 Å². The zero-order chi connectivity index (χ0) is 21.7. The molecule has 0 aromatic heterocycles. The Morgan fingerprint density at radius 1 is 0.444 bits per heavy atom. The number of hydrogen-bond acceptors (Lipinski definition) is 4. The Kier molecular flexibility index (Phi) is 13.1. The molecule has 0 fully saturated rings. The van der Waals surface area contributed by atoms with Crippen molar-refractivity contribution < 1.29 is 22.0 Å².